The Bertz CT molecular complexity index is 60.4. The third-order valence-corrected chi connectivity index (χ3v) is 0.556. The van der Waals surface area contributed by atoms with E-state index in [1.165, 1.54) is 0 Å². The van der Waals surface area contributed by atoms with Gasteiger partial charge in [0.05, 0.1) is 0 Å². The van der Waals surface area contributed by atoms with Gasteiger partial charge in [0, 0.05) is 0 Å². The Labute approximate surface area is 51.8 Å². The van der Waals surface area contributed by atoms with E-state index in [1.54, 1.807) is 0 Å². The summed E-state index contributed by atoms with van der Waals surface area (Å²) in [5, 5.41) is 0. The second kappa shape index (κ2) is 3.24. The van der Waals surface area contributed by atoms with Gasteiger partial charge in [-0.15, -0.1) is 0 Å². The first-order chi connectivity index (χ1) is 2.50. The Kier molecular flexibility index (Phi) is 3.26. The zero-order valence-electron chi connectivity index (χ0n) is 3.29. The number of hydrogen-bond acceptors (Lipinski definition) is 0. The van der Waals surface area contributed by atoms with Crippen LogP contribution in [0.25, 0.3) is 0 Å². The van der Waals surface area contributed by atoms with E-state index in [2.05, 4.69) is 0 Å². The Morgan fingerprint density at radius 2 is 1.50 bits per heavy atom. The minimum Gasteiger partial charge on any atom is -0.214 e. The van der Waals surface area contributed by atoms with Crippen LogP contribution in [0.4, 0.5) is 0 Å². The molecule has 0 radical (unpaired) electrons. The molecule has 0 nitrogen and oxygen atoms in total. The van der Waals surface area contributed by atoms with Gasteiger partial charge in [-0.2, -0.15) is 18.2 Å². The van der Waals surface area contributed by atoms with E-state index < -0.39 is 0 Å². The zero-order valence-corrected chi connectivity index (χ0v) is 5.30. The molecule has 0 amide bonds. The molecule has 1 aromatic rings. The van der Waals surface area contributed by atoms with E-state index in [4.69, 9.17) is 0 Å². The molecule has 0 heterocycles. The molecule has 0 aromatic heterocycles. The van der Waals surface area contributed by atoms with Crippen LogP contribution in [0.1, 0.15) is 0 Å². The van der Waals surface area contributed by atoms with Gasteiger partial charge in [-0.1, -0.05) is 0 Å². The van der Waals surface area contributed by atoms with Crippen LogP contribution < -0.4 is 0 Å². The van der Waals surface area contributed by atoms with Crippen LogP contribution in [0.5, 0.6) is 0 Å². The number of hydrogen-bond donors (Lipinski definition) is 0. The molecule has 0 N–H and O–H groups in total. The van der Waals surface area contributed by atoms with Crippen molar-refractivity contribution in [1.82, 2.24) is 0 Å². The second-order valence-corrected chi connectivity index (χ2v) is 0.962. The summed E-state index contributed by atoms with van der Waals surface area (Å²) in [6, 6.07) is 10.0. The van der Waals surface area contributed by atoms with Gasteiger partial charge < -0.3 is 0 Å². The first-order valence-electron chi connectivity index (χ1n) is 1.67. The van der Waals surface area contributed by atoms with Crippen molar-refractivity contribution in [1.29, 1.82) is 0 Å². The van der Waals surface area contributed by atoms with Crippen molar-refractivity contribution in [2.45, 2.75) is 0 Å². The molecule has 0 aliphatic rings. The summed E-state index contributed by atoms with van der Waals surface area (Å²) in [4.78, 5) is 0. The molecule has 0 unspecified atom stereocenters. The molecule has 0 fully saturated rings. The molecule has 0 aliphatic carbocycles. The van der Waals surface area contributed by atoms with Crippen LogP contribution in [0.3, 0.4) is 0 Å². The van der Waals surface area contributed by atoms with E-state index in [9.17, 15) is 0 Å². The summed E-state index contributed by atoms with van der Waals surface area (Å²) in [6.45, 7) is 0. The van der Waals surface area contributed by atoms with Gasteiger partial charge in [0.2, 0.25) is 0 Å². The van der Waals surface area contributed by atoms with Crippen molar-refractivity contribution < 1.29 is 21.1 Å². The predicted molar refractivity (Wildman–Crippen MR) is 22.0 cm³/mol. The van der Waals surface area contributed by atoms with Crippen LogP contribution >= 0.6 is 0 Å². The Morgan fingerprint density at radius 3 is 1.67 bits per heavy atom. The molecule has 0 aliphatic heterocycles. The molecule has 6 heavy (non-hydrogen) atoms. The van der Waals surface area contributed by atoms with Gasteiger partial charge in [0.25, 0.3) is 0 Å². The number of rotatable bonds is 0. The minimum atomic E-state index is 0. The summed E-state index contributed by atoms with van der Waals surface area (Å²) in [7, 11) is 0. The summed E-state index contributed by atoms with van der Waals surface area (Å²) in [5.41, 5.74) is 0. The molecule has 0 spiro atoms. The maximum atomic E-state index is 2.00. The molecular weight excluding hydrogens is 156 g/mol. The van der Waals surface area contributed by atoms with Crippen LogP contribution in [0, 0.1) is 0 Å². The maximum absolute atomic E-state index is 2.00. The molecule has 1 rings (SSSR count). The minimum absolute atomic E-state index is 0. The largest absolute Gasteiger partial charge is 2.00 e. The summed E-state index contributed by atoms with van der Waals surface area (Å²) in [5.74, 6) is 0. The fraction of sp³-hybridized carbons (Fsp3) is 0. The summed E-state index contributed by atoms with van der Waals surface area (Å²) in [6.07, 6.45) is 0. The fourth-order valence-electron chi connectivity index (χ4n) is 0.321. The third-order valence-electron chi connectivity index (χ3n) is 0.556. The Balaban J connectivity index is 0.000000250. The van der Waals surface area contributed by atoms with Crippen molar-refractivity contribution in [3.8, 4) is 0 Å². The zero-order chi connectivity index (χ0) is 3.54. The van der Waals surface area contributed by atoms with Crippen LogP contribution in [0.15, 0.2) is 30.3 Å². The average molecular weight is 161 g/mol. The van der Waals surface area contributed by atoms with Crippen molar-refractivity contribution in [3.63, 3.8) is 0 Å². The first-order valence-corrected chi connectivity index (χ1v) is 1.67. The van der Waals surface area contributed by atoms with Crippen molar-refractivity contribution in [2.75, 3.05) is 0 Å². The molecule has 0 saturated carbocycles. The topological polar surface area (TPSA) is 0 Å². The first kappa shape index (κ1) is 6.04. The quantitative estimate of drug-likeness (QED) is 0.398. The van der Waals surface area contributed by atoms with E-state index in [0.29, 0.717) is 0 Å². The summed E-state index contributed by atoms with van der Waals surface area (Å²) >= 11 is 0. The molecule has 30 valence electrons. The molecule has 0 atom stereocenters. The Hall–Kier alpha value is 0.0383. The van der Waals surface area contributed by atoms with Crippen LogP contribution in [0.2, 0.25) is 0 Å². The van der Waals surface area contributed by atoms with Gasteiger partial charge in [-0.3, -0.25) is 0 Å². The smallest absolute Gasteiger partial charge is 0.214 e. The van der Waals surface area contributed by atoms with Gasteiger partial charge in [0.1, 0.15) is 0 Å². The average Bonchev–Trinajstić information content (AvgIpc) is 1.76. The normalized spacial score (nSPS) is 6.67. The SMILES string of the molecule is [Mo+2].c1cc[cH-]c1. The van der Waals surface area contributed by atoms with Gasteiger partial charge >= 0.3 is 21.1 Å². The van der Waals surface area contributed by atoms with E-state index in [1.807, 2.05) is 30.3 Å². The van der Waals surface area contributed by atoms with Crippen molar-refractivity contribution >= 4 is 0 Å². The van der Waals surface area contributed by atoms with E-state index >= 15 is 0 Å². The van der Waals surface area contributed by atoms with Gasteiger partial charge in [0.15, 0.2) is 0 Å². The van der Waals surface area contributed by atoms with E-state index in [-0.39, 0.29) is 21.1 Å². The second-order valence-electron chi connectivity index (χ2n) is 0.962. The molecule has 0 saturated heterocycles. The van der Waals surface area contributed by atoms with E-state index in [0.717, 1.165) is 0 Å². The van der Waals surface area contributed by atoms with Gasteiger partial charge in [-0.25, -0.2) is 12.1 Å². The predicted octanol–water partition coefficient (Wildman–Crippen LogP) is 1.40. The summed E-state index contributed by atoms with van der Waals surface area (Å²) < 4.78 is 0. The van der Waals surface area contributed by atoms with Gasteiger partial charge in [-0.05, 0) is 0 Å². The standard InChI is InChI=1S/C5H5.Mo/c1-2-4-5-3-1;/h1-5H;/q-1;+2. The third kappa shape index (κ3) is 1.47. The fourth-order valence-corrected chi connectivity index (χ4v) is 0.321. The maximum Gasteiger partial charge on any atom is 2.00 e. The Morgan fingerprint density at radius 1 is 1.00 bits per heavy atom. The van der Waals surface area contributed by atoms with Crippen LogP contribution in [-0.2, 0) is 21.1 Å². The molecule has 0 bridgehead atoms. The van der Waals surface area contributed by atoms with Crippen molar-refractivity contribution in [2.24, 2.45) is 0 Å². The van der Waals surface area contributed by atoms with Crippen LogP contribution in [-0.4, -0.2) is 0 Å². The molecule has 1 aromatic carbocycles. The monoisotopic (exact) mass is 163 g/mol. The molecular formula is C5H5Mo+. The molecule has 1 heteroatoms. The van der Waals surface area contributed by atoms with Crippen molar-refractivity contribution in [3.05, 3.63) is 30.3 Å².